The first-order valence-electron chi connectivity index (χ1n) is 8.70. The zero-order valence-corrected chi connectivity index (χ0v) is 18.9. The summed E-state index contributed by atoms with van der Waals surface area (Å²) in [5.41, 5.74) is 0. The summed E-state index contributed by atoms with van der Waals surface area (Å²) in [4.78, 5) is 0. The van der Waals surface area contributed by atoms with Gasteiger partial charge >= 0.3 is 8.80 Å². The molecule has 0 aromatic carbocycles. The molecule has 0 radical (unpaired) electrons. The monoisotopic (exact) mass is 366 g/mol. The second-order valence-electron chi connectivity index (χ2n) is 7.28. The van der Waals surface area contributed by atoms with Gasteiger partial charge < -0.3 is 13.3 Å². The van der Waals surface area contributed by atoms with E-state index in [0.717, 1.165) is 44.5 Å². The number of hydrogen-bond acceptors (Lipinski definition) is 4. The SMILES string of the molecule is CCCO[Si](CS[Si](C)(C)C(C)(C)C)(OCCC)OCCC. The largest absolute Gasteiger partial charge is 0.510 e. The zero-order chi connectivity index (χ0) is 17.3. The molecule has 0 aromatic rings. The highest BCUT2D eigenvalue weighted by atomic mass is 32.4. The summed E-state index contributed by atoms with van der Waals surface area (Å²) < 4.78 is 18.6. The van der Waals surface area contributed by atoms with Crippen molar-refractivity contribution in [1.82, 2.24) is 0 Å². The van der Waals surface area contributed by atoms with Crippen LogP contribution in [0, 0.1) is 0 Å². The molecule has 0 aliphatic carbocycles. The van der Waals surface area contributed by atoms with Gasteiger partial charge in [0.15, 0.2) is 0 Å². The highest BCUT2D eigenvalue weighted by molar-refractivity contribution is 8.29. The van der Waals surface area contributed by atoms with Crippen LogP contribution in [0.5, 0.6) is 0 Å². The minimum atomic E-state index is -2.55. The maximum atomic E-state index is 6.19. The molecular formula is C16H38O3SSi2. The first kappa shape index (κ1) is 22.7. The Morgan fingerprint density at radius 3 is 1.41 bits per heavy atom. The van der Waals surface area contributed by atoms with Crippen molar-refractivity contribution in [1.29, 1.82) is 0 Å². The van der Waals surface area contributed by atoms with Gasteiger partial charge in [0.25, 0.3) is 0 Å². The highest BCUT2D eigenvalue weighted by Gasteiger charge is 2.45. The molecule has 0 atom stereocenters. The van der Waals surface area contributed by atoms with Gasteiger partial charge in [0.05, 0.1) is 5.38 Å². The molecule has 134 valence electrons. The molecule has 3 nitrogen and oxygen atoms in total. The van der Waals surface area contributed by atoms with Gasteiger partial charge in [-0.2, -0.15) is 11.2 Å². The van der Waals surface area contributed by atoms with Gasteiger partial charge in [0, 0.05) is 19.8 Å². The summed E-state index contributed by atoms with van der Waals surface area (Å²) in [6.07, 6.45) is 3.01. The lowest BCUT2D eigenvalue weighted by Crippen LogP contribution is -2.51. The van der Waals surface area contributed by atoms with E-state index >= 15 is 0 Å². The Morgan fingerprint density at radius 2 is 1.14 bits per heavy atom. The van der Waals surface area contributed by atoms with Crippen LogP contribution in [0.3, 0.4) is 0 Å². The molecule has 0 amide bonds. The molecule has 0 bridgehead atoms. The molecule has 0 saturated heterocycles. The molecule has 0 aliphatic heterocycles. The Balaban J connectivity index is 4.99. The van der Waals surface area contributed by atoms with Gasteiger partial charge in [0.1, 0.15) is 7.22 Å². The van der Waals surface area contributed by atoms with E-state index in [4.69, 9.17) is 13.3 Å². The summed E-state index contributed by atoms with van der Waals surface area (Å²) in [7, 11) is -3.97. The molecule has 0 aliphatic rings. The second kappa shape index (κ2) is 10.5. The molecule has 0 rings (SSSR count). The predicted molar refractivity (Wildman–Crippen MR) is 104 cm³/mol. The van der Waals surface area contributed by atoms with E-state index in [1.807, 2.05) is 0 Å². The van der Waals surface area contributed by atoms with Crippen LogP contribution in [0.15, 0.2) is 0 Å². The highest BCUT2D eigenvalue weighted by Crippen LogP contribution is 2.44. The Morgan fingerprint density at radius 1 is 0.773 bits per heavy atom. The lowest BCUT2D eigenvalue weighted by atomic mass is 10.2. The third-order valence-corrected chi connectivity index (χ3v) is 17.6. The lowest BCUT2D eigenvalue weighted by Gasteiger charge is -2.38. The Hall–Kier alpha value is 0.664. The normalized spacial score (nSPS) is 13.6. The van der Waals surface area contributed by atoms with Crippen molar-refractivity contribution in [2.24, 2.45) is 0 Å². The Labute approximate surface area is 144 Å². The first-order chi connectivity index (χ1) is 10.1. The molecule has 6 heteroatoms. The van der Waals surface area contributed by atoms with Crippen LogP contribution in [0.4, 0.5) is 0 Å². The minimum Gasteiger partial charge on any atom is -0.373 e. The van der Waals surface area contributed by atoms with Crippen molar-refractivity contribution < 1.29 is 13.3 Å². The molecule has 0 saturated carbocycles. The summed E-state index contributed by atoms with van der Waals surface area (Å²) in [5, 5.41) is 1.25. The van der Waals surface area contributed by atoms with Gasteiger partial charge in [-0.25, -0.2) is 0 Å². The quantitative estimate of drug-likeness (QED) is 0.427. The van der Waals surface area contributed by atoms with E-state index in [0.29, 0.717) is 5.04 Å². The molecular weight excluding hydrogens is 328 g/mol. The fraction of sp³-hybridized carbons (Fsp3) is 1.00. The molecule has 0 heterocycles. The van der Waals surface area contributed by atoms with Crippen LogP contribution in [0.2, 0.25) is 18.1 Å². The third-order valence-electron chi connectivity index (χ3n) is 3.99. The summed E-state index contributed by atoms with van der Waals surface area (Å²) in [5.74, 6) is 0. The van der Waals surface area contributed by atoms with Gasteiger partial charge in [-0.15, -0.1) is 0 Å². The number of rotatable bonds is 12. The standard InChI is InChI=1S/C16H38O3SSi2/c1-9-12-17-22(18-13-10-2,19-14-11-3)15-20-21(7,8)16(4,5)6/h9-15H2,1-8H3. The minimum absolute atomic E-state index is 0.359. The van der Waals surface area contributed by atoms with E-state index in [9.17, 15) is 0 Å². The fourth-order valence-electron chi connectivity index (χ4n) is 1.51. The average Bonchev–Trinajstić information content (AvgIpc) is 2.44. The van der Waals surface area contributed by atoms with E-state index in [1.54, 1.807) is 0 Å². The van der Waals surface area contributed by atoms with Crippen LogP contribution in [-0.2, 0) is 13.3 Å². The van der Waals surface area contributed by atoms with Crippen molar-refractivity contribution in [3.63, 3.8) is 0 Å². The van der Waals surface area contributed by atoms with Gasteiger partial charge in [-0.05, 0) is 24.3 Å². The van der Waals surface area contributed by atoms with Crippen LogP contribution in [0.25, 0.3) is 0 Å². The van der Waals surface area contributed by atoms with Gasteiger partial charge in [-0.3, -0.25) is 0 Å². The predicted octanol–water partition coefficient (Wildman–Crippen LogP) is 5.48. The number of hydrogen-bond donors (Lipinski definition) is 0. The Kier molecular flexibility index (Phi) is 10.8. The molecule has 0 N–H and O–H groups in total. The van der Waals surface area contributed by atoms with Crippen LogP contribution < -0.4 is 0 Å². The first-order valence-corrected chi connectivity index (χ1v) is 15.3. The van der Waals surface area contributed by atoms with Crippen LogP contribution in [0.1, 0.15) is 60.8 Å². The Bertz CT molecular complexity index is 272. The smallest absolute Gasteiger partial charge is 0.373 e. The maximum absolute atomic E-state index is 6.19. The van der Waals surface area contributed by atoms with Crippen molar-refractivity contribution in [3.05, 3.63) is 0 Å². The molecule has 0 aromatic heterocycles. The molecule has 0 fully saturated rings. The average molecular weight is 367 g/mol. The topological polar surface area (TPSA) is 27.7 Å². The summed E-state index contributed by atoms with van der Waals surface area (Å²) in [6, 6.07) is 0. The van der Waals surface area contributed by atoms with Crippen LogP contribution >= 0.6 is 11.2 Å². The summed E-state index contributed by atoms with van der Waals surface area (Å²) >= 11 is 2.07. The van der Waals surface area contributed by atoms with Gasteiger partial charge in [0.2, 0.25) is 0 Å². The molecule has 0 unspecified atom stereocenters. The fourth-order valence-corrected chi connectivity index (χ4v) is 13.0. The van der Waals surface area contributed by atoms with Gasteiger partial charge in [-0.1, -0.05) is 54.6 Å². The summed E-state index contributed by atoms with van der Waals surface area (Å²) in [6.45, 7) is 20.5. The van der Waals surface area contributed by atoms with Crippen molar-refractivity contribution in [3.8, 4) is 0 Å². The van der Waals surface area contributed by atoms with Crippen molar-refractivity contribution in [2.45, 2.75) is 78.9 Å². The van der Waals surface area contributed by atoms with Crippen LogP contribution in [-0.4, -0.2) is 41.2 Å². The van der Waals surface area contributed by atoms with E-state index in [2.05, 4.69) is 65.8 Å². The van der Waals surface area contributed by atoms with E-state index in [1.165, 1.54) is 0 Å². The molecule has 22 heavy (non-hydrogen) atoms. The lowest BCUT2D eigenvalue weighted by molar-refractivity contribution is 0.0649. The third kappa shape index (κ3) is 7.97. The van der Waals surface area contributed by atoms with Crippen molar-refractivity contribution in [2.75, 3.05) is 25.2 Å². The van der Waals surface area contributed by atoms with E-state index < -0.39 is 16.0 Å². The van der Waals surface area contributed by atoms with Crippen molar-refractivity contribution >= 4 is 27.2 Å². The maximum Gasteiger partial charge on any atom is 0.510 e. The zero-order valence-electron chi connectivity index (χ0n) is 16.1. The molecule has 0 spiro atoms. The van der Waals surface area contributed by atoms with E-state index in [-0.39, 0.29) is 0 Å². The second-order valence-corrected chi connectivity index (χ2v) is 19.4.